The summed E-state index contributed by atoms with van der Waals surface area (Å²) in [7, 11) is 0. The molecule has 0 unspecified atom stereocenters. The van der Waals surface area contributed by atoms with Gasteiger partial charge in [-0.15, -0.1) is 0 Å². The lowest BCUT2D eigenvalue weighted by molar-refractivity contribution is -0.0512. The van der Waals surface area contributed by atoms with Gasteiger partial charge in [0, 0.05) is 0 Å². The van der Waals surface area contributed by atoms with Crippen LogP contribution in [0.25, 0.3) is 16.7 Å². The Morgan fingerprint density at radius 2 is 1.77 bits per heavy atom. The number of alkyl halides is 2. The van der Waals surface area contributed by atoms with Crippen molar-refractivity contribution >= 4 is 11.0 Å². The smallest absolute Gasteiger partial charge is 0.387 e. The van der Waals surface area contributed by atoms with Crippen LogP contribution in [0.2, 0.25) is 0 Å². The number of halogens is 4. The van der Waals surface area contributed by atoms with Gasteiger partial charge < -0.3 is 4.74 Å². The average Bonchev–Trinajstić information content (AvgIpc) is 2.79. The molecule has 0 atom stereocenters. The Morgan fingerprint density at radius 1 is 1.05 bits per heavy atom. The molecule has 114 valence electrons. The molecule has 0 aliphatic heterocycles. The van der Waals surface area contributed by atoms with Gasteiger partial charge in [0.05, 0.1) is 11.2 Å². The fourth-order valence-corrected chi connectivity index (χ4v) is 2.36. The van der Waals surface area contributed by atoms with E-state index in [1.54, 1.807) is 13.0 Å². The molecule has 0 aliphatic rings. The number of hydrogen-bond donors (Lipinski definition) is 0. The normalized spacial score (nSPS) is 11.4. The summed E-state index contributed by atoms with van der Waals surface area (Å²) >= 11 is 0. The Morgan fingerprint density at radius 3 is 2.45 bits per heavy atom. The first-order chi connectivity index (χ1) is 10.5. The van der Waals surface area contributed by atoms with Crippen LogP contribution >= 0.6 is 0 Å². The topological polar surface area (TPSA) is 27.1 Å². The number of aryl methyl sites for hydroxylation is 1. The number of ether oxygens (including phenoxy) is 1. The van der Waals surface area contributed by atoms with Gasteiger partial charge in [0.1, 0.15) is 17.2 Å². The number of para-hydroxylation sites is 1. The van der Waals surface area contributed by atoms with Crippen molar-refractivity contribution in [3.8, 4) is 11.4 Å². The standard InChI is InChI=1S/C15H10F4N2O/c1-8-20-11-7-6-10(17)14(22-15(18)19)13(11)21(8)12-5-3-2-4-9(12)16/h2-7,15H,1H3. The first kappa shape index (κ1) is 14.4. The van der Waals surface area contributed by atoms with Crippen molar-refractivity contribution < 1.29 is 22.3 Å². The molecular weight excluding hydrogens is 300 g/mol. The lowest BCUT2D eigenvalue weighted by Crippen LogP contribution is -2.07. The predicted molar refractivity (Wildman–Crippen MR) is 72.4 cm³/mol. The molecule has 0 saturated carbocycles. The number of aromatic nitrogens is 2. The summed E-state index contributed by atoms with van der Waals surface area (Å²) in [4.78, 5) is 4.14. The molecule has 0 bridgehead atoms. The van der Waals surface area contributed by atoms with Gasteiger partial charge in [-0.2, -0.15) is 8.78 Å². The van der Waals surface area contributed by atoms with E-state index in [0.29, 0.717) is 5.82 Å². The van der Waals surface area contributed by atoms with Crippen LogP contribution in [0, 0.1) is 18.6 Å². The molecule has 0 saturated heterocycles. The first-order valence-corrected chi connectivity index (χ1v) is 6.36. The molecule has 1 heterocycles. The Hall–Kier alpha value is -2.57. The predicted octanol–water partition coefficient (Wildman–Crippen LogP) is 4.21. The maximum Gasteiger partial charge on any atom is 0.387 e. The van der Waals surface area contributed by atoms with E-state index in [1.807, 2.05) is 0 Å². The maximum absolute atomic E-state index is 14.0. The second-order valence-corrected chi connectivity index (χ2v) is 4.57. The van der Waals surface area contributed by atoms with Crippen LogP contribution in [0.3, 0.4) is 0 Å². The Balaban J connectivity index is 2.37. The van der Waals surface area contributed by atoms with E-state index in [2.05, 4.69) is 9.72 Å². The summed E-state index contributed by atoms with van der Waals surface area (Å²) in [6.07, 6.45) is 0. The maximum atomic E-state index is 14.0. The quantitative estimate of drug-likeness (QED) is 0.678. The molecule has 3 rings (SSSR count). The van der Waals surface area contributed by atoms with Crippen molar-refractivity contribution in [1.29, 1.82) is 0 Å². The lowest BCUT2D eigenvalue weighted by atomic mass is 10.2. The minimum Gasteiger partial charge on any atom is -0.429 e. The fraction of sp³-hybridized carbons (Fsp3) is 0.133. The van der Waals surface area contributed by atoms with Crippen molar-refractivity contribution in [1.82, 2.24) is 9.55 Å². The van der Waals surface area contributed by atoms with E-state index < -0.39 is 24.0 Å². The van der Waals surface area contributed by atoms with Crippen LogP contribution in [0.1, 0.15) is 5.82 Å². The van der Waals surface area contributed by atoms with Crippen molar-refractivity contribution in [2.75, 3.05) is 0 Å². The van der Waals surface area contributed by atoms with E-state index in [-0.39, 0.29) is 16.7 Å². The third-order valence-electron chi connectivity index (χ3n) is 3.19. The van der Waals surface area contributed by atoms with Crippen LogP contribution in [-0.4, -0.2) is 16.2 Å². The SMILES string of the molecule is Cc1nc2ccc(F)c(OC(F)F)c2n1-c1ccccc1F. The van der Waals surface area contributed by atoms with Crippen LogP contribution in [0.4, 0.5) is 17.6 Å². The highest BCUT2D eigenvalue weighted by Gasteiger charge is 2.21. The van der Waals surface area contributed by atoms with E-state index in [4.69, 9.17) is 0 Å². The van der Waals surface area contributed by atoms with E-state index in [1.165, 1.54) is 28.8 Å². The Labute approximate surface area is 122 Å². The third-order valence-corrected chi connectivity index (χ3v) is 3.19. The number of benzene rings is 2. The average molecular weight is 310 g/mol. The molecule has 0 aliphatic carbocycles. The minimum absolute atomic E-state index is 0.0390. The zero-order chi connectivity index (χ0) is 15.9. The molecule has 0 N–H and O–H groups in total. The van der Waals surface area contributed by atoms with Crippen molar-refractivity contribution in [3.05, 3.63) is 53.9 Å². The van der Waals surface area contributed by atoms with Gasteiger partial charge in [-0.3, -0.25) is 4.57 Å². The highest BCUT2D eigenvalue weighted by atomic mass is 19.3. The summed E-state index contributed by atoms with van der Waals surface area (Å²) < 4.78 is 58.6. The van der Waals surface area contributed by atoms with Crippen LogP contribution in [0.5, 0.6) is 5.75 Å². The molecule has 0 fully saturated rings. The van der Waals surface area contributed by atoms with Gasteiger partial charge in [-0.1, -0.05) is 12.1 Å². The van der Waals surface area contributed by atoms with Crippen molar-refractivity contribution in [2.24, 2.45) is 0 Å². The van der Waals surface area contributed by atoms with Gasteiger partial charge in [-0.05, 0) is 31.2 Å². The van der Waals surface area contributed by atoms with E-state index in [0.717, 1.165) is 6.07 Å². The van der Waals surface area contributed by atoms with Gasteiger partial charge in [-0.25, -0.2) is 13.8 Å². The van der Waals surface area contributed by atoms with E-state index >= 15 is 0 Å². The third kappa shape index (κ3) is 2.28. The zero-order valence-electron chi connectivity index (χ0n) is 11.4. The molecule has 3 nitrogen and oxygen atoms in total. The van der Waals surface area contributed by atoms with Gasteiger partial charge in [0.15, 0.2) is 11.6 Å². The molecule has 22 heavy (non-hydrogen) atoms. The minimum atomic E-state index is -3.20. The zero-order valence-corrected chi connectivity index (χ0v) is 11.4. The summed E-state index contributed by atoms with van der Waals surface area (Å²) in [6, 6.07) is 8.04. The van der Waals surface area contributed by atoms with Crippen molar-refractivity contribution in [3.63, 3.8) is 0 Å². The molecule has 3 aromatic rings. The lowest BCUT2D eigenvalue weighted by Gasteiger charge is -2.12. The molecule has 0 amide bonds. The van der Waals surface area contributed by atoms with Crippen LogP contribution in [0.15, 0.2) is 36.4 Å². The second kappa shape index (κ2) is 5.32. The van der Waals surface area contributed by atoms with Gasteiger partial charge >= 0.3 is 6.61 Å². The molecule has 2 aromatic carbocycles. The highest BCUT2D eigenvalue weighted by molar-refractivity contribution is 5.85. The molecular formula is C15H10F4N2O. The monoisotopic (exact) mass is 310 g/mol. The molecule has 1 aromatic heterocycles. The summed E-state index contributed by atoms with van der Waals surface area (Å²) in [5.74, 6) is -1.89. The number of fused-ring (bicyclic) bond motifs is 1. The van der Waals surface area contributed by atoms with Gasteiger partial charge in [0.25, 0.3) is 0 Å². The molecule has 0 radical (unpaired) electrons. The molecule has 0 spiro atoms. The van der Waals surface area contributed by atoms with Gasteiger partial charge in [0.2, 0.25) is 0 Å². The van der Waals surface area contributed by atoms with Crippen molar-refractivity contribution in [2.45, 2.75) is 13.5 Å². The summed E-state index contributed by atoms with van der Waals surface area (Å²) in [6.45, 7) is -1.64. The van der Waals surface area contributed by atoms with Crippen LogP contribution < -0.4 is 4.74 Å². The summed E-state index contributed by atoms with van der Waals surface area (Å²) in [5.41, 5.74) is 0.271. The Kier molecular flexibility index (Phi) is 3.48. The van der Waals surface area contributed by atoms with Crippen LogP contribution in [-0.2, 0) is 0 Å². The Bertz CT molecular complexity index is 845. The largest absolute Gasteiger partial charge is 0.429 e. The fourth-order valence-electron chi connectivity index (χ4n) is 2.36. The summed E-state index contributed by atoms with van der Waals surface area (Å²) in [5, 5.41) is 0. The van der Waals surface area contributed by atoms with E-state index in [9.17, 15) is 17.6 Å². The number of hydrogen-bond acceptors (Lipinski definition) is 2. The highest BCUT2D eigenvalue weighted by Crippen LogP contribution is 2.33. The number of nitrogens with zero attached hydrogens (tertiary/aromatic N) is 2. The second-order valence-electron chi connectivity index (χ2n) is 4.57. The number of rotatable bonds is 3. The first-order valence-electron chi connectivity index (χ1n) is 6.36. The molecule has 7 heteroatoms. The number of imidazole rings is 1.